The molecular formula is C14H20N2O2. The van der Waals surface area contributed by atoms with Crippen molar-refractivity contribution in [1.82, 2.24) is 0 Å². The molecule has 0 radical (unpaired) electrons. The number of benzene rings is 1. The van der Waals surface area contributed by atoms with Gasteiger partial charge in [-0.25, -0.2) is 0 Å². The fourth-order valence-electron chi connectivity index (χ4n) is 2.63. The largest absolute Gasteiger partial charge is 0.486 e. The quantitative estimate of drug-likeness (QED) is 0.842. The number of hydrogen-bond acceptors (Lipinski definition) is 4. The fourth-order valence-corrected chi connectivity index (χ4v) is 2.63. The normalized spacial score (nSPS) is 26.7. The number of ether oxygens (including phenoxy) is 2. The van der Waals surface area contributed by atoms with E-state index in [1.807, 2.05) is 12.1 Å². The molecule has 1 aromatic carbocycles. The molecule has 3 N–H and O–H groups in total. The van der Waals surface area contributed by atoms with Crippen LogP contribution in [-0.4, -0.2) is 25.3 Å². The van der Waals surface area contributed by atoms with Crippen LogP contribution in [0.1, 0.15) is 25.7 Å². The summed E-state index contributed by atoms with van der Waals surface area (Å²) in [6.07, 6.45) is 4.52. The summed E-state index contributed by atoms with van der Waals surface area (Å²) in [5.41, 5.74) is 7.03. The van der Waals surface area contributed by atoms with Gasteiger partial charge in [0.15, 0.2) is 11.5 Å². The second kappa shape index (κ2) is 5.06. The predicted molar refractivity (Wildman–Crippen MR) is 71.3 cm³/mol. The van der Waals surface area contributed by atoms with Gasteiger partial charge in [-0.15, -0.1) is 0 Å². The molecule has 18 heavy (non-hydrogen) atoms. The summed E-state index contributed by atoms with van der Waals surface area (Å²) in [6, 6.07) is 6.99. The molecular weight excluding hydrogens is 228 g/mol. The van der Waals surface area contributed by atoms with Crippen molar-refractivity contribution in [3.05, 3.63) is 18.2 Å². The highest BCUT2D eigenvalue weighted by molar-refractivity contribution is 5.55. The number of rotatable bonds is 2. The van der Waals surface area contributed by atoms with Gasteiger partial charge in [0, 0.05) is 23.8 Å². The zero-order valence-corrected chi connectivity index (χ0v) is 10.5. The molecule has 0 unspecified atom stereocenters. The predicted octanol–water partition coefficient (Wildman–Crippen LogP) is 2.14. The van der Waals surface area contributed by atoms with Crippen molar-refractivity contribution in [3.8, 4) is 11.5 Å². The van der Waals surface area contributed by atoms with Gasteiger partial charge in [-0.2, -0.15) is 0 Å². The van der Waals surface area contributed by atoms with Crippen LogP contribution in [0.2, 0.25) is 0 Å². The van der Waals surface area contributed by atoms with Crippen LogP contribution >= 0.6 is 0 Å². The van der Waals surface area contributed by atoms with Crippen LogP contribution in [0.4, 0.5) is 5.69 Å². The number of anilines is 1. The SMILES string of the molecule is NC1CCC(Nc2ccc3c(c2)OCCO3)CC1. The zero-order chi connectivity index (χ0) is 12.4. The Balaban J connectivity index is 1.66. The van der Waals surface area contributed by atoms with Gasteiger partial charge in [0.25, 0.3) is 0 Å². The average molecular weight is 248 g/mol. The summed E-state index contributed by atoms with van der Waals surface area (Å²) >= 11 is 0. The van der Waals surface area contributed by atoms with E-state index in [0.717, 1.165) is 42.9 Å². The molecule has 1 aliphatic carbocycles. The zero-order valence-electron chi connectivity index (χ0n) is 10.5. The fraction of sp³-hybridized carbons (Fsp3) is 0.571. The molecule has 0 atom stereocenters. The average Bonchev–Trinajstić information content (AvgIpc) is 2.41. The molecule has 4 heteroatoms. The Morgan fingerprint density at radius 2 is 1.72 bits per heavy atom. The van der Waals surface area contributed by atoms with E-state index in [1.165, 1.54) is 0 Å². The highest BCUT2D eigenvalue weighted by atomic mass is 16.6. The molecule has 0 bridgehead atoms. The first-order valence-corrected chi connectivity index (χ1v) is 6.73. The van der Waals surface area contributed by atoms with Crippen molar-refractivity contribution in [1.29, 1.82) is 0 Å². The van der Waals surface area contributed by atoms with E-state index in [1.54, 1.807) is 0 Å². The third-order valence-corrected chi connectivity index (χ3v) is 3.68. The highest BCUT2D eigenvalue weighted by Crippen LogP contribution is 2.33. The smallest absolute Gasteiger partial charge is 0.163 e. The minimum Gasteiger partial charge on any atom is -0.486 e. The molecule has 2 aliphatic rings. The Kier molecular flexibility index (Phi) is 3.28. The maximum absolute atomic E-state index is 5.92. The van der Waals surface area contributed by atoms with Gasteiger partial charge < -0.3 is 20.5 Å². The van der Waals surface area contributed by atoms with E-state index in [4.69, 9.17) is 15.2 Å². The van der Waals surface area contributed by atoms with Crippen LogP contribution in [0.3, 0.4) is 0 Å². The van der Waals surface area contributed by atoms with E-state index >= 15 is 0 Å². The van der Waals surface area contributed by atoms with E-state index < -0.39 is 0 Å². The number of nitrogens with two attached hydrogens (primary N) is 1. The van der Waals surface area contributed by atoms with Crippen LogP contribution in [0.15, 0.2) is 18.2 Å². The first-order valence-electron chi connectivity index (χ1n) is 6.73. The molecule has 3 rings (SSSR count). The summed E-state index contributed by atoms with van der Waals surface area (Å²) in [5.74, 6) is 1.69. The van der Waals surface area contributed by atoms with Gasteiger partial charge in [0.05, 0.1) is 0 Å². The molecule has 1 saturated carbocycles. The standard InChI is InChI=1S/C14H20N2O2/c15-10-1-3-11(4-2-10)16-12-5-6-13-14(9-12)18-8-7-17-13/h5-6,9-11,16H,1-4,7-8,15H2. The van der Waals surface area contributed by atoms with Crippen molar-refractivity contribution in [3.63, 3.8) is 0 Å². The number of hydrogen-bond donors (Lipinski definition) is 2. The van der Waals surface area contributed by atoms with E-state index in [0.29, 0.717) is 25.3 Å². The van der Waals surface area contributed by atoms with Crippen LogP contribution in [-0.2, 0) is 0 Å². The lowest BCUT2D eigenvalue weighted by atomic mass is 9.91. The minimum absolute atomic E-state index is 0.392. The van der Waals surface area contributed by atoms with Crippen molar-refractivity contribution in [2.75, 3.05) is 18.5 Å². The minimum atomic E-state index is 0.392. The molecule has 1 heterocycles. The van der Waals surface area contributed by atoms with E-state index in [-0.39, 0.29) is 0 Å². The molecule has 4 nitrogen and oxygen atoms in total. The molecule has 0 saturated heterocycles. The molecule has 0 amide bonds. The van der Waals surface area contributed by atoms with Crippen LogP contribution in [0, 0.1) is 0 Å². The van der Waals surface area contributed by atoms with Crippen molar-refractivity contribution in [2.24, 2.45) is 5.73 Å². The molecule has 0 aromatic heterocycles. The summed E-state index contributed by atoms with van der Waals surface area (Å²) in [7, 11) is 0. The summed E-state index contributed by atoms with van der Waals surface area (Å²) < 4.78 is 11.1. The molecule has 98 valence electrons. The Morgan fingerprint density at radius 3 is 2.50 bits per heavy atom. The highest BCUT2D eigenvalue weighted by Gasteiger charge is 2.19. The summed E-state index contributed by atoms with van der Waals surface area (Å²) in [4.78, 5) is 0. The lowest BCUT2D eigenvalue weighted by Crippen LogP contribution is -2.32. The van der Waals surface area contributed by atoms with Crippen LogP contribution in [0.5, 0.6) is 11.5 Å². The van der Waals surface area contributed by atoms with Crippen molar-refractivity contribution < 1.29 is 9.47 Å². The van der Waals surface area contributed by atoms with Crippen molar-refractivity contribution in [2.45, 2.75) is 37.8 Å². The van der Waals surface area contributed by atoms with E-state index in [2.05, 4.69) is 11.4 Å². The number of nitrogens with one attached hydrogen (secondary N) is 1. The van der Waals surface area contributed by atoms with Gasteiger partial charge in [-0.1, -0.05) is 0 Å². The third-order valence-electron chi connectivity index (χ3n) is 3.68. The van der Waals surface area contributed by atoms with Gasteiger partial charge in [0.1, 0.15) is 13.2 Å². The first kappa shape index (κ1) is 11.7. The molecule has 1 aliphatic heterocycles. The monoisotopic (exact) mass is 248 g/mol. The summed E-state index contributed by atoms with van der Waals surface area (Å²) in [5, 5.41) is 3.56. The van der Waals surface area contributed by atoms with Gasteiger partial charge in [-0.05, 0) is 37.8 Å². The second-order valence-electron chi connectivity index (χ2n) is 5.11. The second-order valence-corrected chi connectivity index (χ2v) is 5.11. The Labute approximate surface area is 107 Å². The molecule has 1 fully saturated rings. The van der Waals surface area contributed by atoms with Gasteiger partial charge in [0.2, 0.25) is 0 Å². The third kappa shape index (κ3) is 2.53. The lowest BCUT2D eigenvalue weighted by molar-refractivity contribution is 0.171. The van der Waals surface area contributed by atoms with Gasteiger partial charge >= 0.3 is 0 Å². The maximum atomic E-state index is 5.92. The summed E-state index contributed by atoms with van der Waals surface area (Å²) in [6.45, 7) is 1.27. The maximum Gasteiger partial charge on any atom is 0.163 e. The topological polar surface area (TPSA) is 56.5 Å². The lowest BCUT2D eigenvalue weighted by Gasteiger charge is -2.28. The Morgan fingerprint density at radius 1 is 1.00 bits per heavy atom. The Bertz CT molecular complexity index is 414. The van der Waals surface area contributed by atoms with Crippen LogP contribution in [0.25, 0.3) is 0 Å². The number of fused-ring (bicyclic) bond motifs is 1. The van der Waals surface area contributed by atoms with Crippen LogP contribution < -0.4 is 20.5 Å². The molecule has 0 spiro atoms. The molecule has 1 aromatic rings. The first-order chi connectivity index (χ1) is 8.81. The van der Waals surface area contributed by atoms with Crippen molar-refractivity contribution >= 4 is 5.69 Å². The van der Waals surface area contributed by atoms with Gasteiger partial charge in [-0.3, -0.25) is 0 Å². The van der Waals surface area contributed by atoms with E-state index in [9.17, 15) is 0 Å². The Hall–Kier alpha value is -1.42.